The molecule has 0 spiro atoms. The zero-order valence-corrected chi connectivity index (χ0v) is 10.5. The van der Waals surface area contributed by atoms with E-state index in [1.165, 1.54) is 0 Å². The van der Waals surface area contributed by atoms with Crippen molar-refractivity contribution in [3.8, 4) is 0 Å². The molecule has 1 amide bonds. The molecule has 98 valence electrons. The Morgan fingerprint density at radius 2 is 2.00 bits per heavy atom. The first-order valence-electron chi connectivity index (χ1n) is 5.90. The van der Waals surface area contributed by atoms with Gasteiger partial charge in [0, 0.05) is 7.05 Å². The Bertz CT molecular complexity index is 559. The normalized spacial score (nSPS) is 17.7. The number of aromatic carboxylic acids is 1. The summed E-state index contributed by atoms with van der Waals surface area (Å²) >= 11 is 0. The Morgan fingerprint density at radius 1 is 1.32 bits per heavy atom. The Morgan fingerprint density at radius 3 is 2.47 bits per heavy atom. The fraction of sp³-hybridized carbons (Fsp3) is 0.214. The van der Waals surface area contributed by atoms with Gasteiger partial charge in [-0.05, 0) is 23.8 Å². The molecular formula is C14H14N2O3. The number of amides is 1. The van der Waals surface area contributed by atoms with E-state index in [2.05, 4.69) is 10.3 Å². The summed E-state index contributed by atoms with van der Waals surface area (Å²) in [6.45, 7) is 0.409. The maximum atomic E-state index is 11.4. The Kier molecular flexibility index (Phi) is 3.75. The third-order valence-corrected chi connectivity index (χ3v) is 2.96. The summed E-state index contributed by atoms with van der Waals surface area (Å²) in [6.07, 6.45) is 3.60. The number of dihydropyridines is 1. The second kappa shape index (κ2) is 5.48. The van der Waals surface area contributed by atoms with Gasteiger partial charge in [-0.15, -0.1) is 0 Å². The number of rotatable bonds is 3. The number of benzene rings is 1. The predicted octanol–water partition coefficient (Wildman–Crippen LogP) is 1.11. The summed E-state index contributed by atoms with van der Waals surface area (Å²) in [6, 6.07) is 6.51. The number of nitrogens with zero attached hydrogens (tertiary/aromatic N) is 1. The van der Waals surface area contributed by atoms with Gasteiger partial charge >= 0.3 is 5.97 Å². The number of allylic oxidation sites excluding steroid dienone is 1. The van der Waals surface area contributed by atoms with Gasteiger partial charge in [-0.1, -0.05) is 18.2 Å². The highest BCUT2D eigenvalue weighted by Gasteiger charge is 2.17. The molecule has 0 bridgehead atoms. The summed E-state index contributed by atoms with van der Waals surface area (Å²) in [5.74, 6) is -1.24. The lowest BCUT2D eigenvalue weighted by Crippen LogP contribution is -2.29. The molecule has 1 unspecified atom stereocenters. The maximum absolute atomic E-state index is 11.4. The highest BCUT2D eigenvalue weighted by Crippen LogP contribution is 2.13. The molecule has 0 fully saturated rings. The third-order valence-electron chi connectivity index (χ3n) is 2.96. The van der Waals surface area contributed by atoms with Gasteiger partial charge in [0.1, 0.15) is 0 Å². The first-order valence-corrected chi connectivity index (χ1v) is 5.90. The van der Waals surface area contributed by atoms with Crippen molar-refractivity contribution in [2.75, 3.05) is 13.6 Å². The average molecular weight is 258 g/mol. The lowest BCUT2D eigenvalue weighted by atomic mass is 10.0. The predicted molar refractivity (Wildman–Crippen MR) is 71.5 cm³/mol. The van der Waals surface area contributed by atoms with Crippen LogP contribution < -0.4 is 5.32 Å². The second-order valence-electron chi connectivity index (χ2n) is 4.19. The van der Waals surface area contributed by atoms with E-state index in [9.17, 15) is 9.59 Å². The third kappa shape index (κ3) is 2.88. The number of hydrogen-bond donors (Lipinski definition) is 2. The minimum atomic E-state index is -0.952. The molecule has 0 saturated heterocycles. The molecule has 5 nitrogen and oxygen atoms in total. The summed E-state index contributed by atoms with van der Waals surface area (Å²) < 4.78 is 0. The molecule has 1 aromatic rings. The molecule has 0 aliphatic carbocycles. The lowest BCUT2D eigenvalue weighted by molar-refractivity contribution is -0.122. The molecular weight excluding hydrogens is 244 g/mol. The molecule has 0 aromatic heterocycles. The van der Waals surface area contributed by atoms with E-state index in [0.717, 1.165) is 11.3 Å². The van der Waals surface area contributed by atoms with Crippen molar-refractivity contribution in [2.24, 2.45) is 10.9 Å². The fourth-order valence-corrected chi connectivity index (χ4v) is 1.84. The average Bonchev–Trinajstić information content (AvgIpc) is 2.46. The Labute approximate surface area is 110 Å². The summed E-state index contributed by atoms with van der Waals surface area (Å²) in [4.78, 5) is 26.5. The first-order chi connectivity index (χ1) is 9.11. The minimum Gasteiger partial charge on any atom is -0.478 e. The summed E-state index contributed by atoms with van der Waals surface area (Å²) in [5.41, 5.74) is 1.85. The first kappa shape index (κ1) is 13.0. The smallest absolute Gasteiger partial charge is 0.335 e. The fourth-order valence-electron chi connectivity index (χ4n) is 1.84. The molecule has 1 atom stereocenters. The summed E-state index contributed by atoms with van der Waals surface area (Å²) in [7, 11) is 1.60. The molecule has 2 rings (SSSR count). The number of carbonyl (C=O) groups excluding carboxylic acids is 1. The largest absolute Gasteiger partial charge is 0.478 e. The molecule has 0 saturated carbocycles. The van der Waals surface area contributed by atoms with Crippen LogP contribution in [0.4, 0.5) is 0 Å². The standard InChI is InChI=1S/C14H14N2O3/c1-15-13(17)11-6-7-12(16-8-11)9-2-4-10(5-3-9)14(18)19/h2-7,11H,8H2,1H3,(H,15,17)(H,18,19). The van der Waals surface area contributed by atoms with Crippen LogP contribution in [0.5, 0.6) is 0 Å². The second-order valence-corrected chi connectivity index (χ2v) is 4.19. The van der Waals surface area contributed by atoms with Crippen LogP contribution in [0.1, 0.15) is 15.9 Å². The van der Waals surface area contributed by atoms with Crippen LogP contribution in [0.15, 0.2) is 41.4 Å². The van der Waals surface area contributed by atoms with Crippen molar-refractivity contribution in [2.45, 2.75) is 0 Å². The zero-order chi connectivity index (χ0) is 13.8. The van der Waals surface area contributed by atoms with Crippen molar-refractivity contribution < 1.29 is 14.7 Å². The van der Waals surface area contributed by atoms with Crippen molar-refractivity contribution >= 4 is 17.6 Å². The number of carboxylic acids is 1. The summed E-state index contributed by atoms with van der Waals surface area (Å²) in [5, 5.41) is 11.4. The topological polar surface area (TPSA) is 78.8 Å². The van der Waals surface area contributed by atoms with Crippen LogP contribution in [-0.4, -0.2) is 36.3 Å². The van der Waals surface area contributed by atoms with E-state index in [1.54, 1.807) is 37.4 Å². The number of nitrogens with one attached hydrogen (secondary N) is 1. The lowest BCUT2D eigenvalue weighted by Gasteiger charge is -2.14. The number of hydrogen-bond acceptors (Lipinski definition) is 3. The van der Waals surface area contributed by atoms with Gasteiger partial charge in [0.15, 0.2) is 0 Å². The van der Waals surface area contributed by atoms with Gasteiger partial charge in [-0.25, -0.2) is 4.79 Å². The maximum Gasteiger partial charge on any atom is 0.335 e. The van der Waals surface area contributed by atoms with Crippen LogP contribution in [-0.2, 0) is 4.79 Å². The van der Waals surface area contributed by atoms with Gasteiger partial charge < -0.3 is 10.4 Å². The Hall–Kier alpha value is -2.43. The highest BCUT2D eigenvalue weighted by molar-refractivity contribution is 6.10. The molecule has 1 aliphatic rings. The van der Waals surface area contributed by atoms with Gasteiger partial charge in [0.25, 0.3) is 0 Å². The number of carbonyl (C=O) groups is 2. The molecule has 1 heterocycles. The van der Waals surface area contributed by atoms with Crippen LogP contribution in [0.2, 0.25) is 0 Å². The molecule has 5 heteroatoms. The molecule has 2 N–H and O–H groups in total. The van der Waals surface area contributed by atoms with Crippen LogP contribution in [0.3, 0.4) is 0 Å². The van der Waals surface area contributed by atoms with E-state index in [4.69, 9.17) is 5.11 Å². The van der Waals surface area contributed by atoms with Crippen LogP contribution in [0.25, 0.3) is 0 Å². The zero-order valence-electron chi connectivity index (χ0n) is 10.5. The number of carboxylic acid groups (broad SMARTS) is 1. The monoisotopic (exact) mass is 258 g/mol. The van der Waals surface area contributed by atoms with Gasteiger partial charge in [0.05, 0.1) is 23.7 Å². The van der Waals surface area contributed by atoms with Gasteiger partial charge in [0.2, 0.25) is 5.91 Å². The quantitative estimate of drug-likeness (QED) is 0.852. The van der Waals surface area contributed by atoms with Gasteiger partial charge in [-0.2, -0.15) is 0 Å². The van der Waals surface area contributed by atoms with E-state index in [-0.39, 0.29) is 17.4 Å². The van der Waals surface area contributed by atoms with Crippen molar-refractivity contribution in [1.29, 1.82) is 0 Å². The van der Waals surface area contributed by atoms with Gasteiger partial charge in [-0.3, -0.25) is 9.79 Å². The highest BCUT2D eigenvalue weighted by atomic mass is 16.4. The van der Waals surface area contributed by atoms with E-state index < -0.39 is 5.97 Å². The van der Waals surface area contributed by atoms with E-state index in [0.29, 0.717) is 6.54 Å². The minimum absolute atomic E-state index is 0.0553. The van der Waals surface area contributed by atoms with Crippen molar-refractivity contribution in [3.63, 3.8) is 0 Å². The van der Waals surface area contributed by atoms with Crippen LogP contribution >= 0.6 is 0 Å². The van der Waals surface area contributed by atoms with Crippen molar-refractivity contribution in [1.82, 2.24) is 5.32 Å². The molecule has 0 radical (unpaired) electrons. The Balaban J connectivity index is 2.12. The van der Waals surface area contributed by atoms with E-state index >= 15 is 0 Å². The molecule has 1 aliphatic heterocycles. The molecule has 1 aromatic carbocycles. The van der Waals surface area contributed by atoms with Crippen molar-refractivity contribution in [3.05, 3.63) is 47.5 Å². The number of aliphatic imine (C=N–C) groups is 1. The SMILES string of the molecule is CNC(=O)C1C=CC(c2ccc(C(=O)O)cc2)=NC1. The molecule has 19 heavy (non-hydrogen) atoms. The van der Waals surface area contributed by atoms with Crippen LogP contribution in [0, 0.1) is 5.92 Å². The van der Waals surface area contributed by atoms with E-state index in [1.807, 2.05) is 6.08 Å².